The number of hydrogen-bond donors (Lipinski definition) is 2. The van der Waals surface area contributed by atoms with Gasteiger partial charge in [0.15, 0.2) is 0 Å². The maximum Gasteiger partial charge on any atom is 0.240 e. The summed E-state index contributed by atoms with van der Waals surface area (Å²) in [4.78, 5) is 25.5. The van der Waals surface area contributed by atoms with Gasteiger partial charge in [-0.2, -0.15) is 0 Å². The molecule has 0 aliphatic carbocycles. The number of carbonyl (C=O) groups excluding carboxylic acids is 2. The maximum absolute atomic E-state index is 12.3. The number of nitrogens with zero attached hydrogens (tertiary/aromatic N) is 1. The van der Waals surface area contributed by atoms with Crippen LogP contribution in [0.1, 0.15) is 12.0 Å². The van der Waals surface area contributed by atoms with Gasteiger partial charge in [0.05, 0.1) is 12.5 Å². The number of piperazine rings is 1. The van der Waals surface area contributed by atoms with Crippen LogP contribution in [-0.4, -0.2) is 42.9 Å². The molecule has 0 saturated carbocycles. The quantitative estimate of drug-likeness (QED) is 0.871. The van der Waals surface area contributed by atoms with E-state index in [1.54, 1.807) is 11.9 Å². The summed E-state index contributed by atoms with van der Waals surface area (Å²) in [6, 6.07) is 7.03. The minimum Gasteiger partial charge on any atom is -0.359 e. The SMILES string of the molecule is CNC(=O)CC1NCCN(Cc2ccccc2Cl)C1=O.Cl. The molecule has 2 amide bonds. The van der Waals surface area contributed by atoms with Gasteiger partial charge < -0.3 is 15.5 Å². The first-order chi connectivity index (χ1) is 9.61. The Morgan fingerprint density at radius 3 is 2.86 bits per heavy atom. The third kappa shape index (κ3) is 4.59. The van der Waals surface area contributed by atoms with Crippen molar-refractivity contribution in [2.45, 2.75) is 19.0 Å². The predicted octanol–water partition coefficient (Wildman–Crippen LogP) is 1.20. The molecule has 0 aromatic heterocycles. The van der Waals surface area contributed by atoms with E-state index >= 15 is 0 Å². The lowest BCUT2D eigenvalue weighted by molar-refractivity contribution is -0.138. The fourth-order valence-electron chi connectivity index (χ4n) is 2.23. The molecule has 2 N–H and O–H groups in total. The summed E-state index contributed by atoms with van der Waals surface area (Å²) >= 11 is 6.12. The van der Waals surface area contributed by atoms with Crippen LogP contribution in [0.3, 0.4) is 0 Å². The van der Waals surface area contributed by atoms with Crippen molar-refractivity contribution in [2.24, 2.45) is 0 Å². The van der Waals surface area contributed by atoms with Gasteiger partial charge in [0, 0.05) is 31.7 Å². The van der Waals surface area contributed by atoms with Gasteiger partial charge in [-0.25, -0.2) is 0 Å². The standard InChI is InChI=1S/C14H18ClN3O2.ClH/c1-16-13(19)8-12-14(20)18(7-6-17-12)9-10-4-2-3-5-11(10)15;/h2-5,12,17H,6-9H2,1H3,(H,16,19);1H. The first kappa shape index (κ1) is 17.8. The Balaban J connectivity index is 0.00000220. The van der Waals surface area contributed by atoms with Crippen LogP contribution >= 0.6 is 24.0 Å². The average Bonchev–Trinajstić information content (AvgIpc) is 2.45. The highest BCUT2D eigenvalue weighted by Crippen LogP contribution is 2.18. The highest BCUT2D eigenvalue weighted by atomic mass is 35.5. The molecule has 0 radical (unpaired) electrons. The first-order valence-electron chi connectivity index (χ1n) is 6.58. The zero-order chi connectivity index (χ0) is 14.5. The number of halogens is 2. The molecule has 21 heavy (non-hydrogen) atoms. The molecule has 1 unspecified atom stereocenters. The lowest BCUT2D eigenvalue weighted by atomic mass is 10.1. The second-order valence-electron chi connectivity index (χ2n) is 4.74. The Bertz CT molecular complexity index is 511. The topological polar surface area (TPSA) is 61.4 Å². The number of hydrogen-bond acceptors (Lipinski definition) is 3. The summed E-state index contributed by atoms with van der Waals surface area (Å²) in [6.07, 6.45) is 0.161. The van der Waals surface area contributed by atoms with Crippen molar-refractivity contribution in [3.63, 3.8) is 0 Å². The van der Waals surface area contributed by atoms with E-state index in [1.165, 1.54) is 0 Å². The minimum absolute atomic E-state index is 0. The summed E-state index contributed by atoms with van der Waals surface area (Å²) in [5.41, 5.74) is 0.920. The van der Waals surface area contributed by atoms with E-state index in [-0.39, 0.29) is 30.6 Å². The summed E-state index contributed by atoms with van der Waals surface area (Å²) in [5.74, 6) is -0.199. The Kier molecular flexibility index (Phi) is 6.95. The zero-order valence-electron chi connectivity index (χ0n) is 11.8. The van der Waals surface area contributed by atoms with Crippen molar-refractivity contribution in [1.29, 1.82) is 0 Å². The molecule has 1 aromatic carbocycles. The molecule has 1 atom stereocenters. The fraction of sp³-hybridized carbons (Fsp3) is 0.429. The maximum atomic E-state index is 12.3. The summed E-state index contributed by atoms with van der Waals surface area (Å²) < 4.78 is 0. The van der Waals surface area contributed by atoms with Crippen molar-refractivity contribution in [1.82, 2.24) is 15.5 Å². The molecule has 1 aromatic rings. The largest absolute Gasteiger partial charge is 0.359 e. The molecular formula is C14H19Cl2N3O2. The van der Waals surface area contributed by atoms with Crippen LogP contribution < -0.4 is 10.6 Å². The van der Waals surface area contributed by atoms with Crippen LogP contribution in [0.2, 0.25) is 5.02 Å². The molecule has 7 heteroatoms. The van der Waals surface area contributed by atoms with E-state index in [0.29, 0.717) is 24.7 Å². The highest BCUT2D eigenvalue weighted by molar-refractivity contribution is 6.31. The minimum atomic E-state index is -0.453. The number of amides is 2. The second-order valence-corrected chi connectivity index (χ2v) is 5.14. The van der Waals surface area contributed by atoms with Gasteiger partial charge in [-0.3, -0.25) is 9.59 Å². The van der Waals surface area contributed by atoms with Gasteiger partial charge in [0.2, 0.25) is 11.8 Å². The van der Waals surface area contributed by atoms with Crippen LogP contribution in [0, 0.1) is 0 Å². The number of benzene rings is 1. The van der Waals surface area contributed by atoms with Gasteiger partial charge in [0.25, 0.3) is 0 Å². The monoisotopic (exact) mass is 331 g/mol. The van der Waals surface area contributed by atoms with Crippen molar-refractivity contribution >= 4 is 35.8 Å². The van der Waals surface area contributed by atoms with Gasteiger partial charge in [-0.15, -0.1) is 12.4 Å². The Morgan fingerprint density at radius 1 is 1.48 bits per heavy atom. The molecule has 1 fully saturated rings. The van der Waals surface area contributed by atoms with E-state index in [9.17, 15) is 9.59 Å². The van der Waals surface area contributed by atoms with Crippen molar-refractivity contribution in [3.05, 3.63) is 34.9 Å². The third-order valence-electron chi connectivity index (χ3n) is 3.37. The third-order valence-corrected chi connectivity index (χ3v) is 3.74. The molecular weight excluding hydrogens is 313 g/mol. The van der Waals surface area contributed by atoms with Crippen molar-refractivity contribution < 1.29 is 9.59 Å². The van der Waals surface area contributed by atoms with E-state index in [4.69, 9.17) is 11.6 Å². The highest BCUT2D eigenvalue weighted by Gasteiger charge is 2.29. The number of rotatable bonds is 4. The molecule has 1 aliphatic rings. The molecule has 1 saturated heterocycles. The molecule has 0 bridgehead atoms. The Hall–Kier alpha value is -1.30. The van der Waals surface area contributed by atoms with Crippen LogP contribution in [0.5, 0.6) is 0 Å². The van der Waals surface area contributed by atoms with Gasteiger partial charge in [0.1, 0.15) is 0 Å². The van der Waals surface area contributed by atoms with E-state index < -0.39 is 6.04 Å². The lowest BCUT2D eigenvalue weighted by Gasteiger charge is -2.33. The van der Waals surface area contributed by atoms with E-state index in [1.807, 2.05) is 24.3 Å². The van der Waals surface area contributed by atoms with Crippen molar-refractivity contribution in [2.75, 3.05) is 20.1 Å². The smallest absolute Gasteiger partial charge is 0.240 e. The molecule has 5 nitrogen and oxygen atoms in total. The van der Waals surface area contributed by atoms with Crippen LogP contribution in [-0.2, 0) is 16.1 Å². The predicted molar refractivity (Wildman–Crippen MR) is 84.6 cm³/mol. The fourth-order valence-corrected chi connectivity index (χ4v) is 2.42. The molecule has 1 heterocycles. The van der Waals surface area contributed by atoms with Crippen LogP contribution in [0.15, 0.2) is 24.3 Å². The summed E-state index contributed by atoms with van der Waals surface area (Å²) in [7, 11) is 1.57. The summed E-state index contributed by atoms with van der Waals surface area (Å²) in [6.45, 7) is 1.77. The molecule has 116 valence electrons. The Morgan fingerprint density at radius 2 is 2.19 bits per heavy atom. The average molecular weight is 332 g/mol. The second kappa shape index (κ2) is 8.22. The lowest BCUT2D eigenvalue weighted by Crippen LogP contribution is -2.55. The van der Waals surface area contributed by atoms with Crippen LogP contribution in [0.4, 0.5) is 0 Å². The van der Waals surface area contributed by atoms with Gasteiger partial charge in [-0.1, -0.05) is 29.8 Å². The molecule has 1 aliphatic heterocycles. The van der Waals surface area contributed by atoms with Gasteiger partial charge in [-0.05, 0) is 11.6 Å². The van der Waals surface area contributed by atoms with Crippen LogP contribution in [0.25, 0.3) is 0 Å². The van der Waals surface area contributed by atoms with E-state index in [0.717, 1.165) is 5.56 Å². The molecule has 0 spiro atoms. The normalized spacial score (nSPS) is 18.1. The van der Waals surface area contributed by atoms with Crippen molar-refractivity contribution in [3.8, 4) is 0 Å². The number of nitrogens with one attached hydrogen (secondary N) is 2. The number of carbonyl (C=O) groups is 2. The van der Waals surface area contributed by atoms with E-state index in [2.05, 4.69) is 10.6 Å². The zero-order valence-corrected chi connectivity index (χ0v) is 13.3. The van der Waals surface area contributed by atoms with Gasteiger partial charge >= 0.3 is 0 Å². The molecule has 2 rings (SSSR count). The Labute approximate surface area is 135 Å². The first-order valence-corrected chi connectivity index (χ1v) is 6.95. The summed E-state index contributed by atoms with van der Waals surface area (Å²) in [5, 5.41) is 6.27.